The van der Waals surface area contributed by atoms with Crippen LogP contribution < -0.4 is 0 Å². The molecule has 0 aliphatic carbocycles. The smallest absolute Gasteiger partial charge is 0.233 e. The highest BCUT2D eigenvalue weighted by Gasteiger charge is 2.17. The molecule has 0 atom stereocenters. The molecular weight excluding hydrogens is 386 g/mol. The molecule has 1 amide bonds. The zero-order chi connectivity index (χ0) is 19.1. The summed E-state index contributed by atoms with van der Waals surface area (Å²) in [6.45, 7) is 1.56. The van der Waals surface area contributed by atoms with Gasteiger partial charge in [-0.3, -0.25) is 4.79 Å². The van der Waals surface area contributed by atoms with Gasteiger partial charge >= 0.3 is 0 Å². The summed E-state index contributed by atoms with van der Waals surface area (Å²) >= 11 is 2.89. The van der Waals surface area contributed by atoms with Crippen LogP contribution in [-0.4, -0.2) is 62.1 Å². The Morgan fingerprint density at radius 3 is 2.85 bits per heavy atom. The number of rotatable bonds is 9. The Balaban J connectivity index is 1.65. The molecule has 2 heterocycles. The third-order valence-corrected chi connectivity index (χ3v) is 5.47. The van der Waals surface area contributed by atoms with Crippen molar-refractivity contribution in [2.24, 2.45) is 0 Å². The lowest BCUT2D eigenvalue weighted by atomic mass is 10.3. The van der Waals surface area contributed by atoms with Gasteiger partial charge in [-0.1, -0.05) is 17.8 Å². The molecule has 0 bridgehead atoms. The van der Waals surface area contributed by atoms with Crippen LogP contribution in [0, 0.1) is 0 Å². The fraction of sp³-hybridized carbons (Fsp3) is 0.294. The highest BCUT2D eigenvalue weighted by molar-refractivity contribution is 7.99. The van der Waals surface area contributed by atoms with Crippen molar-refractivity contribution >= 4 is 29.0 Å². The van der Waals surface area contributed by atoms with Gasteiger partial charge in [0.2, 0.25) is 11.1 Å². The second-order valence-corrected chi connectivity index (χ2v) is 7.54. The quantitative estimate of drug-likeness (QED) is 0.546. The summed E-state index contributed by atoms with van der Waals surface area (Å²) < 4.78 is 6.66. The summed E-state index contributed by atoms with van der Waals surface area (Å²) in [6.07, 6.45) is 0. The minimum absolute atomic E-state index is 0.00861. The molecule has 1 N–H and O–H groups in total. The highest BCUT2D eigenvalue weighted by Crippen LogP contribution is 2.21. The number of aromatic nitrogens is 4. The van der Waals surface area contributed by atoms with Crippen LogP contribution in [0.15, 0.2) is 46.9 Å². The zero-order valence-electron chi connectivity index (χ0n) is 14.7. The van der Waals surface area contributed by atoms with Gasteiger partial charge in [-0.15, -0.1) is 16.4 Å². The third kappa shape index (κ3) is 5.28. The number of thiophene rings is 1. The Bertz CT molecular complexity index is 852. The van der Waals surface area contributed by atoms with Crippen LogP contribution in [0.5, 0.6) is 5.75 Å². The fourth-order valence-corrected chi connectivity index (χ4v) is 3.84. The van der Waals surface area contributed by atoms with E-state index in [1.807, 2.05) is 17.5 Å². The van der Waals surface area contributed by atoms with Crippen LogP contribution >= 0.6 is 23.1 Å². The second-order valence-electron chi connectivity index (χ2n) is 5.57. The maximum absolute atomic E-state index is 12.7. The molecule has 27 heavy (non-hydrogen) atoms. The van der Waals surface area contributed by atoms with Crippen molar-refractivity contribution in [1.29, 1.82) is 0 Å². The molecule has 0 saturated carbocycles. The lowest BCUT2D eigenvalue weighted by molar-refractivity contribution is -0.129. The molecule has 3 rings (SSSR count). The molecule has 0 aliphatic heterocycles. The molecule has 10 heteroatoms. The number of methoxy groups -OCH3 is 1. The van der Waals surface area contributed by atoms with Gasteiger partial charge in [0.05, 0.1) is 24.6 Å². The number of carbonyl (C=O) groups is 1. The van der Waals surface area contributed by atoms with E-state index in [4.69, 9.17) is 4.74 Å². The van der Waals surface area contributed by atoms with Crippen LogP contribution in [-0.2, 0) is 16.1 Å². The highest BCUT2D eigenvalue weighted by atomic mass is 32.2. The Morgan fingerprint density at radius 2 is 2.15 bits per heavy atom. The number of hydrogen-bond donors (Lipinski definition) is 1. The third-order valence-electron chi connectivity index (χ3n) is 3.70. The number of ether oxygens (including phenoxy) is 1. The first kappa shape index (κ1) is 19.3. The first-order valence-corrected chi connectivity index (χ1v) is 10.0. The van der Waals surface area contributed by atoms with Gasteiger partial charge in [0.1, 0.15) is 5.75 Å². The number of nitrogens with zero attached hydrogens (tertiary/aromatic N) is 5. The number of hydrogen-bond acceptors (Lipinski definition) is 8. The molecule has 0 radical (unpaired) electrons. The second kappa shape index (κ2) is 9.49. The van der Waals surface area contributed by atoms with E-state index in [9.17, 15) is 9.90 Å². The minimum Gasteiger partial charge on any atom is -0.508 e. The van der Waals surface area contributed by atoms with Crippen molar-refractivity contribution in [2.75, 3.05) is 26.0 Å². The summed E-state index contributed by atoms with van der Waals surface area (Å²) in [7, 11) is 1.62. The Labute approximate surface area is 164 Å². The van der Waals surface area contributed by atoms with Crippen LogP contribution in [0.2, 0.25) is 0 Å². The van der Waals surface area contributed by atoms with Crippen molar-refractivity contribution < 1.29 is 14.6 Å². The average Bonchev–Trinajstić information content (AvgIpc) is 3.35. The van der Waals surface area contributed by atoms with Gasteiger partial charge in [-0.05, 0) is 46.1 Å². The van der Waals surface area contributed by atoms with Crippen molar-refractivity contribution in [3.63, 3.8) is 0 Å². The summed E-state index contributed by atoms with van der Waals surface area (Å²) in [5.41, 5.74) is 0.711. The summed E-state index contributed by atoms with van der Waals surface area (Å²) in [5.74, 6) is 0.373. The van der Waals surface area contributed by atoms with E-state index in [-0.39, 0.29) is 17.4 Å². The standard InChI is InChI=1S/C17H19N5O3S2/c1-25-9-8-21(11-15-3-2-10-26-15)16(24)12-27-17-18-19-20-22(17)13-4-6-14(23)7-5-13/h2-7,10,23H,8-9,11-12H2,1H3. The van der Waals surface area contributed by atoms with E-state index < -0.39 is 0 Å². The van der Waals surface area contributed by atoms with E-state index in [0.29, 0.717) is 30.5 Å². The molecule has 0 saturated heterocycles. The molecule has 1 aromatic carbocycles. The molecule has 142 valence electrons. The molecule has 0 aliphatic rings. The predicted molar refractivity (Wildman–Crippen MR) is 103 cm³/mol. The van der Waals surface area contributed by atoms with E-state index >= 15 is 0 Å². The van der Waals surface area contributed by atoms with Crippen molar-refractivity contribution in [2.45, 2.75) is 11.7 Å². The Morgan fingerprint density at radius 1 is 1.33 bits per heavy atom. The number of carbonyl (C=O) groups excluding carboxylic acids is 1. The SMILES string of the molecule is COCCN(Cc1cccs1)C(=O)CSc1nnnn1-c1ccc(O)cc1. The lowest BCUT2D eigenvalue weighted by Gasteiger charge is -2.21. The Kier molecular flexibility index (Phi) is 6.80. The maximum atomic E-state index is 12.7. The first-order valence-electron chi connectivity index (χ1n) is 8.17. The molecule has 0 unspecified atom stereocenters. The van der Waals surface area contributed by atoms with E-state index in [1.165, 1.54) is 16.4 Å². The number of amides is 1. The number of tetrazole rings is 1. The summed E-state index contributed by atoms with van der Waals surface area (Å²) in [6, 6.07) is 10.5. The number of benzene rings is 1. The van der Waals surface area contributed by atoms with Crippen molar-refractivity contribution in [3.05, 3.63) is 46.7 Å². The first-order chi connectivity index (χ1) is 13.2. The van der Waals surface area contributed by atoms with Gasteiger partial charge in [0.25, 0.3) is 0 Å². The van der Waals surface area contributed by atoms with Crippen LogP contribution in [0.3, 0.4) is 0 Å². The minimum atomic E-state index is -0.00861. The number of phenolic OH excluding ortho intramolecular Hbond substituents is 1. The normalized spacial score (nSPS) is 10.9. The lowest BCUT2D eigenvalue weighted by Crippen LogP contribution is -2.34. The fourth-order valence-electron chi connectivity index (χ4n) is 2.33. The van der Waals surface area contributed by atoms with Crippen molar-refractivity contribution in [1.82, 2.24) is 25.1 Å². The topological polar surface area (TPSA) is 93.4 Å². The molecule has 0 fully saturated rings. The van der Waals surface area contributed by atoms with Gasteiger partial charge in [-0.25, -0.2) is 0 Å². The van der Waals surface area contributed by atoms with Crippen LogP contribution in [0.4, 0.5) is 0 Å². The number of thioether (sulfide) groups is 1. The molecular formula is C17H19N5O3S2. The molecule has 8 nitrogen and oxygen atoms in total. The Hall–Kier alpha value is -2.43. The van der Waals surface area contributed by atoms with Crippen LogP contribution in [0.25, 0.3) is 5.69 Å². The van der Waals surface area contributed by atoms with Gasteiger partial charge in [-0.2, -0.15) is 4.68 Å². The van der Waals surface area contributed by atoms with E-state index in [2.05, 4.69) is 15.5 Å². The van der Waals surface area contributed by atoms with E-state index in [0.717, 1.165) is 4.88 Å². The average molecular weight is 406 g/mol. The summed E-state index contributed by atoms with van der Waals surface area (Å²) in [4.78, 5) is 15.6. The summed E-state index contributed by atoms with van der Waals surface area (Å²) in [5, 5.41) is 23.6. The number of phenols is 1. The van der Waals surface area contributed by atoms with Gasteiger partial charge in [0.15, 0.2) is 0 Å². The number of aromatic hydroxyl groups is 1. The van der Waals surface area contributed by atoms with Crippen LogP contribution in [0.1, 0.15) is 4.88 Å². The monoisotopic (exact) mass is 405 g/mol. The molecule has 0 spiro atoms. The molecule has 2 aromatic heterocycles. The van der Waals surface area contributed by atoms with Gasteiger partial charge < -0.3 is 14.7 Å². The van der Waals surface area contributed by atoms with Crippen molar-refractivity contribution in [3.8, 4) is 11.4 Å². The van der Waals surface area contributed by atoms with Gasteiger partial charge in [0, 0.05) is 18.5 Å². The maximum Gasteiger partial charge on any atom is 0.233 e. The largest absolute Gasteiger partial charge is 0.508 e. The van der Waals surface area contributed by atoms with E-state index in [1.54, 1.807) is 47.6 Å². The molecule has 3 aromatic rings. The zero-order valence-corrected chi connectivity index (χ0v) is 16.3. The predicted octanol–water partition coefficient (Wildman–Crippen LogP) is 2.20.